The molecule has 0 atom stereocenters. The zero-order chi connectivity index (χ0) is 23.0. The Morgan fingerprint density at radius 3 is 2.70 bits per heavy atom. The smallest absolute Gasteiger partial charge is 0.287 e. The van der Waals surface area contributed by atoms with E-state index in [4.69, 9.17) is 14.1 Å². The van der Waals surface area contributed by atoms with Gasteiger partial charge in [0.25, 0.3) is 5.91 Å². The van der Waals surface area contributed by atoms with Crippen LogP contribution in [0, 0.1) is 0 Å². The van der Waals surface area contributed by atoms with Gasteiger partial charge in [-0.2, -0.15) is 0 Å². The van der Waals surface area contributed by atoms with Crippen LogP contribution in [0.3, 0.4) is 0 Å². The molecule has 1 N–H and O–H groups in total. The summed E-state index contributed by atoms with van der Waals surface area (Å²) >= 11 is 1.48. The van der Waals surface area contributed by atoms with E-state index in [9.17, 15) is 4.79 Å². The van der Waals surface area contributed by atoms with Gasteiger partial charge in [0.05, 0.1) is 18.1 Å². The number of methoxy groups -OCH3 is 1. The monoisotopic (exact) mass is 468 g/mol. The molecule has 3 aromatic heterocycles. The number of nitrogens with one attached hydrogen (secondary N) is 1. The Morgan fingerprint density at radius 2 is 1.94 bits per heavy atom. The van der Waals surface area contributed by atoms with Crippen LogP contribution in [0.25, 0.3) is 0 Å². The Bertz CT molecular complexity index is 1050. The Kier molecular flexibility index (Phi) is 7.92. The minimum atomic E-state index is -0.251. The minimum Gasteiger partial charge on any atom is -0.455 e. The van der Waals surface area contributed by atoms with Crippen LogP contribution in [-0.4, -0.2) is 66.1 Å². The third-order valence-electron chi connectivity index (χ3n) is 5.30. The van der Waals surface area contributed by atoms with Gasteiger partial charge in [-0.1, -0.05) is 11.8 Å². The van der Waals surface area contributed by atoms with E-state index in [1.807, 2.05) is 24.3 Å². The van der Waals surface area contributed by atoms with Crippen LogP contribution < -0.4 is 10.2 Å². The highest BCUT2D eigenvalue weighted by Gasteiger charge is 2.18. The van der Waals surface area contributed by atoms with Gasteiger partial charge in [-0.3, -0.25) is 9.78 Å². The summed E-state index contributed by atoms with van der Waals surface area (Å²) in [4.78, 5) is 30.3. The van der Waals surface area contributed by atoms with E-state index in [0.29, 0.717) is 29.8 Å². The first kappa shape index (κ1) is 23.2. The maximum Gasteiger partial charge on any atom is 0.287 e. The highest BCUT2D eigenvalue weighted by atomic mass is 32.2. The van der Waals surface area contributed by atoms with Crippen LogP contribution in [0.2, 0.25) is 0 Å². The fraction of sp³-hybridized carbons (Fsp3) is 0.391. The number of hydrogen-bond donors (Lipinski definition) is 1. The molecule has 4 heterocycles. The zero-order valence-electron chi connectivity index (χ0n) is 18.9. The van der Waals surface area contributed by atoms with Crippen molar-refractivity contribution in [2.75, 3.05) is 45.2 Å². The molecule has 0 unspecified atom stereocenters. The van der Waals surface area contributed by atoms with Crippen molar-refractivity contribution in [3.05, 3.63) is 65.5 Å². The van der Waals surface area contributed by atoms with Crippen molar-refractivity contribution in [1.82, 2.24) is 25.2 Å². The molecule has 0 saturated carbocycles. The number of carbonyl (C=O) groups is 1. The number of aromatic nitrogens is 3. The number of rotatable bonds is 9. The summed E-state index contributed by atoms with van der Waals surface area (Å²) in [5.41, 5.74) is 1.82. The number of pyridine rings is 1. The maximum absolute atomic E-state index is 12.4. The molecular formula is C23H28N6O3S. The second-order valence-corrected chi connectivity index (χ2v) is 8.76. The van der Waals surface area contributed by atoms with Crippen LogP contribution in [-0.2, 0) is 23.6 Å². The van der Waals surface area contributed by atoms with Gasteiger partial charge in [-0.25, -0.2) is 9.97 Å². The van der Waals surface area contributed by atoms with Gasteiger partial charge in [-0.05, 0) is 36.9 Å². The lowest BCUT2D eigenvalue weighted by Crippen LogP contribution is -2.44. The predicted molar refractivity (Wildman–Crippen MR) is 126 cm³/mol. The number of piperazine rings is 1. The van der Waals surface area contributed by atoms with Gasteiger partial charge in [0.15, 0.2) is 10.9 Å². The lowest BCUT2D eigenvalue weighted by molar-refractivity contribution is 0.0921. The van der Waals surface area contributed by atoms with Crippen LogP contribution in [0.4, 0.5) is 5.82 Å². The number of carbonyl (C=O) groups excluding carboxylic acids is 1. The quantitative estimate of drug-likeness (QED) is 0.375. The molecule has 0 aromatic carbocycles. The topological polar surface area (TPSA) is 96.6 Å². The molecule has 0 spiro atoms. The summed E-state index contributed by atoms with van der Waals surface area (Å²) in [6.07, 6.45) is 3.39. The summed E-state index contributed by atoms with van der Waals surface area (Å²) in [6.45, 7) is 4.72. The Morgan fingerprint density at radius 1 is 1.15 bits per heavy atom. The molecule has 4 rings (SSSR count). The first-order chi connectivity index (χ1) is 16.1. The molecule has 1 aliphatic rings. The van der Waals surface area contributed by atoms with Gasteiger partial charge in [-0.15, -0.1) is 0 Å². The summed E-state index contributed by atoms with van der Waals surface area (Å²) in [6, 6.07) is 9.22. The average Bonchev–Trinajstić information content (AvgIpc) is 3.32. The van der Waals surface area contributed by atoms with Crippen molar-refractivity contribution >= 4 is 23.5 Å². The SMILES string of the molecule is COCc1cc(N2CCN(C)CC2)nc(SCc2ccc(C(=O)NCc3ccncc3)o2)n1. The molecule has 1 aliphatic heterocycles. The molecule has 33 heavy (non-hydrogen) atoms. The fourth-order valence-electron chi connectivity index (χ4n) is 3.43. The van der Waals surface area contributed by atoms with E-state index in [0.717, 1.165) is 43.3 Å². The number of furan rings is 1. The minimum absolute atomic E-state index is 0.251. The molecule has 9 nitrogen and oxygen atoms in total. The summed E-state index contributed by atoms with van der Waals surface area (Å²) in [5, 5.41) is 3.52. The first-order valence-electron chi connectivity index (χ1n) is 10.8. The zero-order valence-corrected chi connectivity index (χ0v) is 19.7. The van der Waals surface area contributed by atoms with Gasteiger partial charge < -0.3 is 24.3 Å². The lowest BCUT2D eigenvalue weighted by atomic mass is 10.2. The van der Waals surface area contributed by atoms with Crippen molar-refractivity contribution in [1.29, 1.82) is 0 Å². The third kappa shape index (κ3) is 6.53. The second-order valence-electron chi connectivity index (χ2n) is 7.82. The highest BCUT2D eigenvalue weighted by Crippen LogP contribution is 2.25. The van der Waals surface area contributed by atoms with E-state index in [2.05, 4.69) is 32.1 Å². The number of amides is 1. The van der Waals surface area contributed by atoms with E-state index in [-0.39, 0.29) is 11.7 Å². The van der Waals surface area contributed by atoms with E-state index < -0.39 is 0 Å². The molecule has 0 bridgehead atoms. The number of likely N-dealkylation sites (N-methyl/N-ethyl adjacent to an activating group) is 1. The van der Waals surface area contributed by atoms with Crippen molar-refractivity contribution in [2.24, 2.45) is 0 Å². The van der Waals surface area contributed by atoms with Crippen molar-refractivity contribution in [2.45, 2.75) is 24.1 Å². The highest BCUT2D eigenvalue weighted by molar-refractivity contribution is 7.98. The number of anilines is 1. The Hall–Kier alpha value is -2.95. The fourth-order valence-corrected chi connectivity index (χ4v) is 4.19. The Labute approximate surface area is 197 Å². The first-order valence-corrected chi connectivity index (χ1v) is 11.8. The van der Waals surface area contributed by atoms with Crippen LogP contribution in [0.1, 0.15) is 27.6 Å². The van der Waals surface area contributed by atoms with Crippen molar-refractivity contribution < 1.29 is 13.9 Å². The summed E-state index contributed by atoms with van der Waals surface area (Å²) in [7, 11) is 3.79. The average molecular weight is 469 g/mol. The molecule has 10 heteroatoms. The maximum atomic E-state index is 12.4. The molecule has 0 radical (unpaired) electrons. The van der Waals surface area contributed by atoms with Crippen LogP contribution in [0.5, 0.6) is 0 Å². The van der Waals surface area contributed by atoms with Gasteiger partial charge >= 0.3 is 0 Å². The van der Waals surface area contributed by atoms with E-state index >= 15 is 0 Å². The third-order valence-corrected chi connectivity index (χ3v) is 6.17. The van der Waals surface area contributed by atoms with Gasteiger partial charge in [0, 0.05) is 58.3 Å². The number of thioether (sulfide) groups is 1. The van der Waals surface area contributed by atoms with E-state index in [1.165, 1.54) is 11.8 Å². The predicted octanol–water partition coefficient (Wildman–Crippen LogP) is 2.59. The molecule has 174 valence electrons. The van der Waals surface area contributed by atoms with Crippen LogP contribution in [0.15, 0.2) is 52.3 Å². The molecule has 1 amide bonds. The molecule has 3 aromatic rings. The molecular weight excluding hydrogens is 440 g/mol. The van der Waals surface area contributed by atoms with Gasteiger partial charge in [0.1, 0.15) is 11.6 Å². The number of hydrogen-bond acceptors (Lipinski definition) is 9. The second kappa shape index (κ2) is 11.3. The molecule has 1 saturated heterocycles. The van der Waals surface area contributed by atoms with Gasteiger partial charge in [0.2, 0.25) is 0 Å². The standard InChI is InChI=1S/C23H28N6O3S/c1-28-9-11-29(12-10-28)21-13-18(15-31-2)26-23(27-21)33-16-19-3-4-20(32-19)22(30)25-14-17-5-7-24-8-6-17/h3-8,13H,9-12,14-16H2,1-2H3,(H,25,30). The van der Waals surface area contributed by atoms with E-state index in [1.54, 1.807) is 25.6 Å². The van der Waals surface area contributed by atoms with Crippen molar-refractivity contribution in [3.63, 3.8) is 0 Å². The van der Waals surface area contributed by atoms with Crippen LogP contribution >= 0.6 is 11.8 Å². The normalized spacial score (nSPS) is 14.4. The summed E-state index contributed by atoms with van der Waals surface area (Å²) in [5.74, 6) is 2.17. The summed E-state index contributed by atoms with van der Waals surface area (Å²) < 4.78 is 11.0. The number of nitrogens with zero attached hydrogens (tertiary/aromatic N) is 5. The Balaban J connectivity index is 1.37. The molecule has 0 aliphatic carbocycles. The lowest BCUT2D eigenvalue weighted by Gasteiger charge is -2.33. The largest absolute Gasteiger partial charge is 0.455 e. The molecule has 1 fully saturated rings. The van der Waals surface area contributed by atoms with Crippen molar-refractivity contribution in [3.8, 4) is 0 Å². The number of ether oxygens (including phenoxy) is 1.